The highest BCUT2D eigenvalue weighted by molar-refractivity contribution is 6.33. The summed E-state index contributed by atoms with van der Waals surface area (Å²) < 4.78 is 0. The Kier molecular flexibility index (Phi) is 5.31. The zero-order chi connectivity index (χ0) is 26.3. The minimum Gasteiger partial charge on any atom is -0.352 e. The number of ketones is 3. The molecular weight excluding hydrogens is 505 g/mol. The van der Waals surface area contributed by atoms with Gasteiger partial charge in [0, 0.05) is 38.2 Å². The second kappa shape index (κ2) is 8.14. The van der Waals surface area contributed by atoms with E-state index in [1.807, 2.05) is 62.1 Å². The minimum absolute atomic E-state index is 0.0397. The first-order valence-electron chi connectivity index (χ1n) is 12.3. The van der Waals surface area contributed by atoms with Crippen LogP contribution in [-0.2, 0) is 4.79 Å². The van der Waals surface area contributed by atoms with Gasteiger partial charge in [0.25, 0.3) is 0 Å². The summed E-state index contributed by atoms with van der Waals surface area (Å²) >= 11 is 12.6. The fourth-order valence-corrected chi connectivity index (χ4v) is 6.74. The highest BCUT2D eigenvalue weighted by Gasteiger charge is 2.71. The van der Waals surface area contributed by atoms with E-state index in [1.54, 1.807) is 42.5 Å². The molecule has 0 radical (unpaired) electrons. The fraction of sp³-hybridized carbons (Fsp3) is 0.258. The van der Waals surface area contributed by atoms with E-state index in [4.69, 9.17) is 23.2 Å². The van der Waals surface area contributed by atoms with Crippen LogP contribution in [0.1, 0.15) is 58.5 Å². The molecule has 1 fully saturated rings. The molecule has 3 atom stereocenters. The third kappa shape index (κ3) is 3.25. The van der Waals surface area contributed by atoms with Crippen molar-refractivity contribution in [2.45, 2.75) is 38.8 Å². The number of Topliss-reactive ketones (excluding diaryl/α,β-unsaturated/α-hetero) is 3. The average molecular weight is 530 g/mol. The lowest BCUT2D eigenvalue weighted by Crippen LogP contribution is -2.49. The predicted octanol–water partition coefficient (Wildman–Crippen LogP) is 7.04. The molecule has 0 aromatic heterocycles. The van der Waals surface area contributed by atoms with E-state index in [0.717, 1.165) is 16.8 Å². The zero-order valence-corrected chi connectivity index (χ0v) is 22.2. The molecule has 1 saturated heterocycles. The highest BCUT2D eigenvalue weighted by atomic mass is 35.5. The number of halogens is 2. The molecule has 0 saturated carbocycles. The number of rotatable bonds is 2. The molecule has 6 rings (SSSR count). The Morgan fingerprint density at radius 2 is 1.46 bits per heavy atom. The normalized spacial score (nSPS) is 23.3. The lowest BCUT2D eigenvalue weighted by Gasteiger charge is -2.38. The van der Waals surface area contributed by atoms with Crippen LogP contribution in [0.25, 0.3) is 6.08 Å². The number of hydrogen-bond donors (Lipinski definition) is 0. The van der Waals surface area contributed by atoms with Crippen LogP contribution in [0.5, 0.6) is 0 Å². The molecule has 0 amide bonds. The van der Waals surface area contributed by atoms with Gasteiger partial charge in [0.2, 0.25) is 0 Å². The van der Waals surface area contributed by atoms with Gasteiger partial charge in [0.05, 0.1) is 12.1 Å². The molecule has 3 aromatic carbocycles. The Morgan fingerprint density at radius 1 is 0.865 bits per heavy atom. The summed E-state index contributed by atoms with van der Waals surface area (Å²) in [5, 5.41) is 1.11. The summed E-state index contributed by atoms with van der Waals surface area (Å²) in [5.74, 6) is -1.24. The van der Waals surface area contributed by atoms with Gasteiger partial charge >= 0.3 is 0 Å². The summed E-state index contributed by atoms with van der Waals surface area (Å²) in [6.45, 7) is 5.64. The monoisotopic (exact) mass is 529 g/mol. The summed E-state index contributed by atoms with van der Waals surface area (Å²) in [7, 11) is 0. The Hall–Kier alpha value is -3.21. The number of carbonyl (C=O) groups excluding carboxylic acids is 3. The molecule has 0 N–H and O–H groups in total. The van der Waals surface area contributed by atoms with Crippen molar-refractivity contribution in [3.05, 3.63) is 105 Å². The third-order valence-corrected chi connectivity index (χ3v) is 8.49. The van der Waals surface area contributed by atoms with Crippen molar-refractivity contribution in [1.29, 1.82) is 0 Å². The van der Waals surface area contributed by atoms with Crippen LogP contribution in [0, 0.1) is 10.8 Å². The topological polar surface area (TPSA) is 54.5 Å². The van der Waals surface area contributed by atoms with Gasteiger partial charge in [0.15, 0.2) is 17.3 Å². The van der Waals surface area contributed by atoms with Crippen LogP contribution in [0.4, 0.5) is 5.69 Å². The first kappa shape index (κ1) is 24.1. The molecule has 4 nitrogen and oxygen atoms in total. The lowest BCUT2D eigenvalue weighted by molar-refractivity contribution is -0.127. The van der Waals surface area contributed by atoms with Crippen LogP contribution >= 0.6 is 23.2 Å². The molecule has 186 valence electrons. The van der Waals surface area contributed by atoms with E-state index in [-0.39, 0.29) is 17.3 Å². The van der Waals surface area contributed by atoms with E-state index >= 15 is 0 Å². The van der Waals surface area contributed by atoms with Crippen molar-refractivity contribution < 1.29 is 14.4 Å². The van der Waals surface area contributed by atoms with Crippen LogP contribution in [-0.4, -0.2) is 29.4 Å². The Balaban J connectivity index is 1.70. The molecule has 1 spiro atoms. The van der Waals surface area contributed by atoms with Crippen molar-refractivity contribution >= 4 is 52.3 Å². The molecule has 3 aromatic rings. The molecule has 1 aliphatic carbocycles. The smallest absolute Gasteiger partial charge is 0.180 e. The number of fused-ring (bicyclic) bond motifs is 5. The second-order valence-corrected chi connectivity index (χ2v) is 11.9. The van der Waals surface area contributed by atoms with Crippen LogP contribution in [0.2, 0.25) is 10.0 Å². The molecular formula is C31H25Cl2NO3. The molecule has 2 heterocycles. The first-order chi connectivity index (χ1) is 17.6. The zero-order valence-electron chi connectivity index (χ0n) is 20.7. The van der Waals surface area contributed by atoms with E-state index in [9.17, 15) is 14.4 Å². The standard InChI is InChI=1S/C31H25Cl2NO3/c1-30(2,3)29(37)26-25(17-8-11-19(32)12-9-17)31(27(35)21-6-4-5-7-22(21)28(31)36)24-15-10-18-16-20(33)13-14-23(18)34(24)26/h4-16,24-26H,1-3H3/t24?,25-,26+/m0/s1. The van der Waals surface area contributed by atoms with Crippen LogP contribution < -0.4 is 4.90 Å². The number of hydrogen-bond acceptors (Lipinski definition) is 4. The maximum atomic E-state index is 14.5. The van der Waals surface area contributed by atoms with E-state index in [0.29, 0.717) is 21.2 Å². The summed E-state index contributed by atoms with van der Waals surface area (Å²) in [6.07, 6.45) is 3.82. The minimum atomic E-state index is -1.50. The Labute approximate surface area is 225 Å². The fourth-order valence-electron chi connectivity index (χ4n) is 6.43. The molecule has 1 unspecified atom stereocenters. The number of carbonyl (C=O) groups is 3. The van der Waals surface area contributed by atoms with E-state index in [2.05, 4.69) is 0 Å². The molecule has 3 aliphatic rings. The van der Waals surface area contributed by atoms with E-state index in [1.165, 1.54) is 0 Å². The van der Waals surface area contributed by atoms with Crippen molar-refractivity contribution in [1.82, 2.24) is 0 Å². The van der Waals surface area contributed by atoms with Crippen molar-refractivity contribution in [3.8, 4) is 0 Å². The van der Waals surface area contributed by atoms with Crippen molar-refractivity contribution in [3.63, 3.8) is 0 Å². The lowest BCUT2D eigenvalue weighted by atomic mass is 9.63. The molecule has 6 heteroatoms. The predicted molar refractivity (Wildman–Crippen MR) is 147 cm³/mol. The summed E-state index contributed by atoms with van der Waals surface area (Å²) in [6, 6.07) is 18.3. The van der Waals surface area contributed by atoms with Gasteiger partial charge in [-0.1, -0.05) is 92.5 Å². The number of nitrogens with zero attached hydrogens (tertiary/aromatic N) is 1. The molecule has 37 heavy (non-hydrogen) atoms. The van der Waals surface area contributed by atoms with Gasteiger partial charge in [-0.3, -0.25) is 14.4 Å². The third-order valence-electron chi connectivity index (χ3n) is 8.00. The largest absolute Gasteiger partial charge is 0.352 e. The highest BCUT2D eigenvalue weighted by Crippen LogP contribution is 2.61. The quantitative estimate of drug-likeness (QED) is 0.334. The van der Waals surface area contributed by atoms with Gasteiger partial charge in [0.1, 0.15) is 5.41 Å². The van der Waals surface area contributed by atoms with Gasteiger partial charge in [-0.05, 0) is 41.5 Å². The van der Waals surface area contributed by atoms with Gasteiger partial charge < -0.3 is 4.90 Å². The van der Waals surface area contributed by atoms with Gasteiger partial charge in [-0.15, -0.1) is 0 Å². The van der Waals surface area contributed by atoms with Crippen LogP contribution in [0.15, 0.2) is 72.8 Å². The SMILES string of the molecule is CC(C)(C)C(=O)[C@H]1[C@H](c2ccc(Cl)cc2)C2(C(=O)c3ccccc3C2=O)C2C=Cc3cc(Cl)ccc3N21. The maximum Gasteiger partial charge on any atom is 0.180 e. The van der Waals surface area contributed by atoms with Crippen molar-refractivity contribution in [2.75, 3.05) is 4.90 Å². The first-order valence-corrected chi connectivity index (χ1v) is 13.1. The number of benzene rings is 3. The van der Waals surface area contributed by atoms with Gasteiger partial charge in [-0.25, -0.2) is 0 Å². The maximum absolute atomic E-state index is 14.5. The van der Waals surface area contributed by atoms with Crippen LogP contribution in [0.3, 0.4) is 0 Å². The Bertz CT molecular complexity index is 1480. The Morgan fingerprint density at radius 3 is 2.05 bits per heavy atom. The van der Waals surface area contributed by atoms with Crippen molar-refractivity contribution in [2.24, 2.45) is 10.8 Å². The second-order valence-electron chi connectivity index (χ2n) is 11.1. The average Bonchev–Trinajstić information content (AvgIpc) is 3.29. The number of anilines is 1. The summed E-state index contributed by atoms with van der Waals surface area (Å²) in [4.78, 5) is 45.3. The molecule has 0 bridgehead atoms. The van der Waals surface area contributed by atoms with E-state index < -0.39 is 28.8 Å². The molecule has 2 aliphatic heterocycles. The van der Waals surface area contributed by atoms with Gasteiger partial charge in [-0.2, -0.15) is 0 Å². The summed E-state index contributed by atoms with van der Waals surface area (Å²) in [5.41, 5.74) is 0.953.